The van der Waals surface area contributed by atoms with Gasteiger partial charge in [-0.25, -0.2) is 0 Å². The van der Waals surface area contributed by atoms with Crippen LogP contribution in [0.1, 0.15) is 57.4 Å². The zero-order chi connectivity index (χ0) is 22.8. The topological polar surface area (TPSA) is 95.9 Å². The number of rotatable bonds is 6. The van der Waals surface area contributed by atoms with Crippen LogP contribution >= 0.6 is 31.9 Å². The first kappa shape index (κ1) is 23.6. The number of carboxylic acids is 1. The van der Waals surface area contributed by atoms with Crippen molar-refractivity contribution in [3.8, 4) is 17.2 Å². The number of aliphatic carboxylic acids is 1. The van der Waals surface area contributed by atoms with Gasteiger partial charge in [0.15, 0.2) is 5.75 Å². The molecule has 3 N–H and O–H groups in total. The fraction of sp³-hybridized carbons (Fsp3) is 0.391. The van der Waals surface area contributed by atoms with Crippen molar-refractivity contribution in [1.29, 1.82) is 0 Å². The Morgan fingerprint density at radius 1 is 1.06 bits per heavy atom. The first-order chi connectivity index (χ1) is 14.6. The first-order valence-corrected chi connectivity index (χ1v) is 11.8. The lowest BCUT2D eigenvalue weighted by molar-refractivity contribution is -0.156. The third-order valence-electron chi connectivity index (χ3n) is 5.65. The summed E-state index contributed by atoms with van der Waals surface area (Å²) in [5.74, 6) is -0.151. The number of halogens is 2. The van der Waals surface area contributed by atoms with E-state index >= 15 is 0 Å². The van der Waals surface area contributed by atoms with Crippen molar-refractivity contribution in [2.24, 2.45) is 5.41 Å². The van der Waals surface area contributed by atoms with Crippen molar-refractivity contribution in [2.45, 2.75) is 51.9 Å². The van der Waals surface area contributed by atoms with E-state index in [0.717, 1.165) is 24.8 Å². The second-order valence-corrected chi connectivity index (χ2v) is 9.86. The second-order valence-electron chi connectivity index (χ2n) is 8.15. The molecule has 0 unspecified atom stereocenters. The summed E-state index contributed by atoms with van der Waals surface area (Å²) in [6, 6.07) is 8.42. The molecule has 1 amide bonds. The molecule has 8 heteroatoms. The van der Waals surface area contributed by atoms with E-state index in [0.29, 0.717) is 39.0 Å². The molecule has 0 aromatic heterocycles. The smallest absolute Gasteiger partial charge is 0.319 e. The van der Waals surface area contributed by atoms with Crippen molar-refractivity contribution in [3.63, 3.8) is 0 Å². The summed E-state index contributed by atoms with van der Waals surface area (Å²) in [5, 5.41) is 22.5. The minimum Gasteiger partial charge on any atom is -0.508 e. The quantitative estimate of drug-likeness (QED) is 0.341. The Morgan fingerprint density at radius 3 is 2.23 bits per heavy atom. The van der Waals surface area contributed by atoms with Gasteiger partial charge in [-0.05, 0) is 81.0 Å². The number of phenolic OH excluding ortho intramolecular Hbond substituents is 1. The highest BCUT2D eigenvalue weighted by Gasteiger charge is 2.46. The molecule has 0 atom stereocenters. The predicted molar refractivity (Wildman–Crippen MR) is 126 cm³/mol. The van der Waals surface area contributed by atoms with Crippen molar-refractivity contribution in [1.82, 2.24) is 0 Å². The molecular weight excluding hydrogens is 530 g/mol. The molecule has 1 fully saturated rings. The molecule has 2 aromatic rings. The average Bonchev–Trinajstić information content (AvgIpc) is 2.72. The minimum absolute atomic E-state index is 0.134. The number of ether oxygens (including phenoxy) is 1. The van der Waals surface area contributed by atoms with Crippen LogP contribution in [-0.4, -0.2) is 22.1 Å². The Balaban J connectivity index is 1.83. The highest BCUT2D eigenvalue weighted by molar-refractivity contribution is 9.11. The van der Waals surface area contributed by atoms with Gasteiger partial charge < -0.3 is 20.3 Å². The first-order valence-electron chi connectivity index (χ1n) is 10.2. The van der Waals surface area contributed by atoms with E-state index in [9.17, 15) is 19.8 Å². The summed E-state index contributed by atoms with van der Waals surface area (Å²) >= 11 is 6.95. The van der Waals surface area contributed by atoms with E-state index in [1.165, 1.54) is 0 Å². The molecule has 1 saturated carbocycles. The van der Waals surface area contributed by atoms with Crippen LogP contribution in [0.5, 0.6) is 17.2 Å². The van der Waals surface area contributed by atoms with E-state index < -0.39 is 17.3 Å². The largest absolute Gasteiger partial charge is 0.508 e. The van der Waals surface area contributed by atoms with Gasteiger partial charge >= 0.3 is 5.97 Å². The fourth-order valence-electron chi connectivity index (χ4n) is 3.85. The maximum absolute atomic E-state index is 12.9. The van der Waals surface area contributed by atoms with Crippen molar-refractivity contribution >= 4 is 49.4 Å². The SMILES string of the molecule is CC(C)c1cc(Oc2c(Br)cc(NC(=O)C3(C(=O)O)CCCCC3)cc2Br)ccc1O. The van der Waals surface area contributed by atoms with Gasteiger partial charge in [0.05, 0.1) is 8.95 Å². The van der Waals surface area contributed by atoms with Gasteiger partial charge in [-0.15, -0.1) is 0 Å². The molecule has 3 rings (SSSR count). The van der Waals surface area contributed by atoms with Gasteiger partial charge in [0.25, 0.3) is 0 Å². The summed E-state index contributed by atoms with van der Waals surface area (Å²) < 4.78 is 7.18. The van der Waals surface area contributed by atoms with Crippen LogP contribution in [0.3, 0.4) is 0 Å². The number of phenols is 1. The molecule has 2 aromatic carbocycles. The summed E-state index contributed by atoms with van der Waals surface area (Å²) in [7, 11) is 0. The van der Waals surface area contributed by atoms with Gasteiger partial charge in [-0.2, -0.15) is 0 Å². The van der Waals surface area contributed by atoms with Gasteiger partial charge in [0.2, 0.25) is 5.91 Å². The average molecular weight is 555 g/mol. The molecule has 1 aliphatic rings. The lowest BCUT2D eigenvalue weighted by Crippen LogP contribution is -2.44. The zero-order valence-corrected chi connectivity index (χ0v) is 20.5. The summed E-state index contributed by atoms with van der Waals surface area (Å²) in [4.78, 5) is 24.8. The molecule has 31 heavy (non-hydrogen) atoms. The number of nitrogens with one attached hydrogen (secondary N) is 1. The maximum atomic E-state index is 12.9. The van der Waals surface area contributed by atoms with Crippen LogP contribution in [0.4, 0.5) is 5.69 Å². The maximum Gasteiger partial charge on any atom is 0.319 e. The number of hydrogen-bond donors (Lipinski definition) is 3. The van der Waals surface area contributed by atoms with E-state index in [2.05, 4.69) is 37.2 Å². The number of amides is 1. The highest BCUT2D eigenvalue weighted by Crippen LogP contribution is 2.42. The van der Waals surface area contributed by atoms with Gasteiger partial charge in [0, 0.05) is 11.3 Å². The zero-order valence-electron chi connectivity index (χ0n) is 17.4. The van der Waals surface area contributed by atoms with E-state index in [1.807, 2.05) is 13.8 Å². The molecule has 0 saturated heterocycles. The molecule has 6 nitrogen and oxygen atoms in total. The lowest BCUT2D eigenvalue weighted by Gasteiger charge is -2.31. The van der Waals surface area contributed by atoms with Gasteiger partial charge in [0.1, 0.15) is 16.9 Å². The number of aromatic hydroxyl groups is 1. The summed E-state index contributed by atoms with van der Waals surface area (Å²) in [6.45, 7) is 3.97. The Hall–Kier alpha value is -2.06. The van der Waals surface area contributed by atoms with Crippen LogP contribution < -0.4 is 10.1 Å². The monoisotopic (exact) mass is 553 g/mol. The Kier molecular flexibility index (Phi) is 7.31. The summed E-state index contributed by atoms with van der Waals surface area (Å²) in [5.41, 5.74) is -0.137. The van der Waals surface area contributed by atoms with E-state index in [-0.39, 0.29) is 11.7 Å². The number of carbonyl (C=O) groups excluding carboxylic acids is 1. The number of carboxylic acid groups (broad SMARTS) is 1. The minimum atomic E-state index is -1.38. The van der Waals surface area contributed by atoms with E-state index in [1.54, 1.807) is 30.3 Å². The summed E-state index contributed by atoms with van der Waals surface area (Å²) in [6.07, 6.45) is 3.09. The highest BCUT2D eigenvalue weighted by atomic mass is 79.9. The Bertz CT molecular complexity index is 976. The number of anilines is 1. The molecule has 0 heterocycles. The van der Waals surface area contributed by atoms with Gasteiger partial charge in [-0.1, -0.05) is 33.1 Å². The van der Waals surface area contributed by atoms with Crippen molar-refractivity contribution in [3.05, 3.63) is 44.8 Å². The van der Waals surface area contributed by atoms with Crippen LogP contribution in [-0.2, 0) is 9.59 Å². The molecule has 0 radical (unpaired) electrons. The van der Waals surface area contributed by atoms with Crippen LogP contribution in [0, 0.1) is 5.41 Å². The van der Waals surface area contributed by atoms with E-state index in [4.69, 9.17) is 4.74 Å². The van der Waals surface area contributed by atoms with Crippen molar-refractivity contribution < 1.29 is 24.5 Å². The molecule has 0 bridgehead atoms. The number of benzene rings is 2. The van der Waals surface area contributed by atoms with Gasteiger partial charge in [-0.3, -0.25) is 9.59 Å². The Labute approximate surface area is 198 Å². The molecule has 0 spiro atoms. The molecular formula is C23H25Br2NO5. The van der Waals surface area contributed by atoms with Crippen LogP contribution in [0.2, 0.25) is 0 Å². The van der Waals surface area contributed by atoms with Crippen LogP contribution in [0.25, 0.3) is 0 Å². The predicted octanol–water partition coefficient (Wildman–Crippen LogP) is 6.81. The Morgan fingerprint density at radius 2 is 1.68 bits per heavy atom. The lowest BCUT2D eigenvalue weighted by atomic mass is 9.73. The number of carbonyl (C=O) groups is 2. The molecule has 166 valence electrons. The van der Waals surface area contributed by atoms with Crippen LogP contribution in [0.15, 0.2) is 39.3 Å². The fourth-order valence-corrected chi connectivity index (χ4v) is 5.20. The standard InChI is InChI=1S/C23H25Br2NO5/c1-13(2)16-12-15(6-7-19(16)27)31-20-17(24)10-14(11-18(20)25)26-21(28)23(22(29)30)8-4-3-5-9-23/h6-7,10-13,27H,3-5,8-9H2,1-2H3,(H,26,28)(H,29,30). The normalized spacial score (nSPS) is 15.5. The molecule has 1 aliphatic carbocycles. The third kappa shape index (κ3) is 5.06. The van der Waals surface area contributed by atoms with Crippen molar-refractivity contribution in [2.75, 3.05) is 5.32 Å². The molecule has 0 aliphatic heterocycles. The second kappa shape index (κ2) is 9.61. The third-order valence-corrected chi connectivity index (χ3v) is 6.83. The number of hydrogen-bond acceptors (Lipinski definition) is 4.